The largest absolute Gasteiger partial charge is 0.381 e. The molecule has 10 nitrogen and oxygen atoms in total. The number of nitrogens with two attached hydrogens (primary N) is 1. The van der Waals surface area contributed by atoms with Gasteiger partial charge in [0.1, 0.15) is 11.4 Å². The minimum atomic E-state index is -0.690. The molecule has 11 heteroatoms. The van der Waals surface area contributed by atoms with Crippen LogP contribution in [0.1, 0.15) is 65.0 Å². The SMILES string of the molecule is CC(C)c1ccn2nc(N)c(C(=O)N[C@H](C)c3nc4cccc(C#Cc5cncs5)c4c(=O)n3-c3ccccc3)c2n1. The number of amides is 1. The second-order valence-electron chi connectivity index (χ2n) is 9.99. The van der Waals surface area contributed by atoms with Crippen molar-refractivity contribution in [1.82, 2.24) is 34.4 Å². The normalized spacial score (nSPS) is 11.9. The predicted molar refractivity (Wildman–Crippen MR) is 163 cm³/mol. The number of hydrogen-bond donors (Lipinski definition) is 2. The van der Waals surface area contributed by atoms with E-state index in [-0.39, 0.29) is 22.9 Å². The Hall–Kier alpha value is -5.34. The quantitative estimate of drug-likeness (QED) is 0.290. The van der Waals surface area contributed by atoms with E-state index in [0.29, 0.717) is 33.6 Å². The Bertz CT molecular complexity index is 2070. The van der Waals surface area contributed by atoms with Crippen LogP contribution in [0.3, 0.4) is 0 Å². The van der Waals surface area contributed by atoms with Crippen LogP contribution >= 0.6 is 11.3 Å². The third kappa shape index (κ3) is 4.88. The Morgan fingerprint density at radius 1 is 1.02 bits per heavy atom. The van der Waals surface area contributed by atoms with Crippen molar-refractivity contribution in [3.63, 3.8) is 0 Å². The fraction of sp³-hybridized carbons (Fsp3) is 0.161. The first-order chi connectivity index (χ1) is 20.3. The molecule has 4 heterocycles. The lowest BCUT2D eigenvalue weighted by Crippen LogP contribution is -2.33. The van der Waals surface area contributed by atoms with Crippen LogP contribution in [0.15, 0.2) is 77.3 Å². The van der Waals surface area contributed by atoms with Crippen molar-refractivity contribution in [2.45, 2.75) is 32.7 Å². The predicted octanol–water partition coefficient (Wildman–Crippen LogP) is 4.48. The maximum absolute atomic E-state index is 14.2. The van der Waals surface area contributed by atoms with E-state index in [1.165, 1.54) is 20.4 Å². The molecule has 0 aliphatic carbocycles. The fourth-order valence-electron chi connectivity index (χ4n) is 4.71. The summed E-state index contributed by atoms with van der Waals surface area (Å²) >= 11 is 1.42. The highest BCUT2D eigenvalue weighted by Crippen LogP contribution is 2.23. The van der Waals surface area contributed by atoms with Gasteiger partial charge in [0, 0.05) is 17.5 Å². The van der Waals surface area contributed by atoms with Gasteiger partial charge in [0.15, 0.2) is 11.5 Å². The van der Waals surface area contributed by atoms with Gasteiger partial charge in [-0.05, 0) is 49.1 Å². The molecule has 0 saturated carbocycles. The number of nitrogen functional groups attached to an aromatic ring is 1. The molecular weight excluding hydrogens is 548 g/mol. The zero-order valence-corrected chi connectivity index (χ0v) is 23.9. The summed E-state index contributed by atoms with van der Waals surface area (Å²) in [6.07, 6.45) is 3.42. The Kier molecular flexibility index (Phi) is 6.98. The number of nitrogens with zero attached hydrogens (tertiary/aromatic N) is 6. The lowest BCUT2D eigenvalue weighted by molar-refractivity contribution is 0.0940. The highest BCUT2D eigenvalue weighted by atomic mass is 32.1. The number of nitrogens with one attached hydrogen (secondary N) is 1. The van der Waals surface area contributed by atoms with Crippen molar-refractivity contribution in [1.29, 1.82) is 0 Å². The summed E-state index contributed by atoms with van der Waals surface area (Å²) in [5, 5.41) is 7.62. The molecule has 0 saturated heterocycles. The summed E-state index contributed by atoms with van der Waals surface area (Å²) in [5.41, 5.74) is 10.6. The van der Waals surface area contributed by atoms with Gasteiger partial charge in [0.25, 0.3) is 11.5 Å². The zero-order valence-electron chi connectivity index (χ0n) is 23.1. The summed E-state index contributed by atoms with van der Waals surface area (Å²) in [5.74, 6) is 6.28. The van der Waals surface area contributed by atoms with E-state index in [1.54, 1.807) is 37.0 Å². The molecule has 42 heavy (non-hydrogen) atoms. The number of para-hydroxylation sites is 1. The van der Waals surface area contributed by atoms with Crippen LogP contribution in [0.4, 0.5) is 5.82 Å². The smallest absolute Gasteiger partial charge is 0.267 e. The first-order valence-corrected chi connectivity index (χ1v) is 14.2. The molecule has 0 aliphatic heterocycles. The minimum absolute atomic E-state index is 0.0594. The molecule has 2 aromatic carbocycles. The second-order valence-corrected chi connectivity index (χ2v) is 10.9. The third-order valence-electron chi connectivity index (χ3n) is 6.78. The molecule has 1 amide bonds. The molecule has 6 rings (SSSR count). The van der Waals surface area contributed by atoms with E-state index >= 15 is 0 Å². The molecule has 4 aromatic heterocycles. The second kappa shape index (κ2) is 10.9. The maximum Gasteiger partial charge on any atom is 0.267 e. The Labute approximate surface area is 244 Å². The first kappa shape index (κ1) is 26.9. The van der Waals surface area contributed by atoms with Crippen LogP contribution < -0.4 is 16.6 Å². The van der Waals surface area contributed by atoms with Gasteiger partial charge in [-0.25, -0.2) is 14.5 Å². The van der Waals surface area contributed by atoms with Crippen LogP contribution in [-0.2, 0) is 0 Å². The van der Waals surface area contributed by atoms with E-state index in [0.717, 1.165) is 10.6 Å². The van der Waals surface area contributed by atoms with Crippen molar-refractivity contribution in [2.24, 2.45) is 0 Å². The number of aromatic nitrogens is 6. The monoisotopic (exact) mass is 574 g/mol. The summed E-state index contributed by atoms with van der Waals surface area (Å²) in [7, 11) is 0. The number of thiazole rings is 1. The van der Waals surface area contributed by atoms with Gasteiger partial charge < -0.3 is 11.1 Å². The molecule has 208 valence electrons. The van der Waals surface area contributed by atoms with Crippen LogP contribution in [0.5, 0.6) is 0 Å². The average molecular weight is 575 g/mol. The molecule has 6 aromatic rings. The molecule has 0 bridgehead atoms. The van der Waals surface area contributed by atoms with Crippen molar-refractivity contribution < 1.29 is 4.79 Å². The molecule has 0 radical (unpaired) electrons. The van der Waals surface area contributed by atoms with Gasteiger partial charge in [-0.3, -0.25) is 19.1 Å². The van der Waals surface area contributed by atoms with Gasteiger partial charge in [-0.2, -0.15) is 0 Å². The molecular formula is C31H26N8O2S. The van der Waals surface area contributed by atoms with Gasteiger partial charge >= 0.3 is 0 Å². The maximum atomic E-state index is 14.2. The summed E-state index contributed by atoms with van der Waals surface area (Å²) in [6, 6.07) is 15.7. The van der Waals surface area contributed by atoms with Crippen molar-refractivity contribution in [2.75, 3.05) is 5.73 Å². The van der Waals surface area contributed by atoms with Crippen LogP contribution in [0.2, 0.25) is 0 Å². The topological polar surface area (TPSA) is 133 Å². The van der Waals surface area contributed by atoms with E-state index in [2.05, 4.69) is 32.2 Å². The van der Waals surface area contributed by atoms with Crippen molar-refractivity contribution in [3.8, 4) is 17.5 Å². The first-order valence-electron chi connectivity index (χ1n) is 13.3. The number of hydrogen-bond acceptors (Lipinski definition) is 8. The Balaban J connectivity index is 1.46. The Morgan fingerprint density at radius 3 is 2.57 bits per heavy atom. The summed E-state index contributed by atoms with van der Waals surface area (Å²) in [4.78, 5) is 42.2. The molecule has 3 N–H and O–H groups in total. The zero-order chi connectivity index (χ0) is 29.4. The highest BCUT2D eigenvalue weighted by Gasteiger charge is 2.25. The summed E-state index contributed by atoms with van der Waals surface area (Å²) in [6.45, 7) is 5.81. The van der Waals surface area contributed by atoms with Crippen LogP contribution in [0.25, 0.3) is 22.2 Å². The van der Waals surface area contributed by atoms with Gasteiger partial charge in [-0.15, -0.1) is 16.4 Å². The Morgan fingerprint density at radius 2 is 1.83 bits per heavy atom. The number of carbonyl (C=O) groups is 1. The molecule has 0 aliphatic rings. The number of fused-ring (bicyclic) bond motifs is 2. The van der Waals surface area contributed by atoms with Crippen molar-refractivity contribution >= 4 is 39.6 Å². The van der Waals surface area contributed by atoms with Crippen molar-refractivity contribution in [3.05, 3.63) is 110 Å². The van der Waals surface area contributed by atoms with Crippen LogP contribution in [-0.4, -0.2) is 35.0 Å². The number of benzene rings is 2. The van der Waals surface area contributed by atoms with Crippen LogP contribution in [0, 0.1) is 11.8 Å². The molecule has 0 spiro atoms. The lowest BCUT2D eigenvalue weighted by atomic mass is 10.1. The third-order valence-corrected chi connectivity index (χ3v) is 7.47. The number of anilines is 1. The van der Waals surface area contributed by atoms with Gasteiger partial charge in [-0.1, -0.05) is 44.0 Å². The number of carbonyl (C=O) groups excluding carboxylic acids is 1. The lowest BCUT2D eigenvalue weighted by Gasteiger charge is -2.20. The standard InChI is InChI=1S/C31H26N8O2S/c1-18(2)23-14-15-38-29(35-23)26(27(32)37-38)30(40)34-19(3)28-36-24-11-7-8-20(12-13-22-16-33-17-42-22)25(24)31(41)39(28)21-9-5-4-6-10-21/h4-11,14-19H,1-3H3,(H2,32,37)(H,34,40)/t19-/m1/s1. The molecule has 1 atom stereocenters. The minimum Gasteiger partial charge on any atom is -0.381 e. The van der Waals surface area contributed by atoms with E-state index in [1.807, 2.05) is 56.3 Å². The van der Waals surface area contributed by atoms with Gasteiger partial charge in [0.05, 0.1) is 39.2 Å². The average Bonchev–Trinajstić information content (AvgIpc) is 3.62. The highest BCUT2D eigenvalue weighted by molar-refractivity contribution is 7.10. The summed E-state index contributed by atoms with van der Waals surface area (Å²) < 4.78 is 3.00. The fourth-order valence-corrected chi connectivity index (χ4v) is 5.17. The number of rotatable bonds is 5. The van der Waals surface area contributed by atoms with E-state index in [4.69, 9.17) is 10.7 Å². The van der Waals surface area contributed by atoms with E-state index < -0.39 is 11.9 Å². The van der Waals surface area contributed by atoms with E-state index in [9.17, 15) is 9.59 Å². The molecule has 0 fully saturated rings. The van der Waals surface area contributed by atoms with Gasteiger partial charge in [0.2, 0.25) is 0 Å². The molecule has 0 unspecified atom stereocenters.